The van der Waals surface area contributed by atoms with Crippen LogP contribution in [-0.2, 0) is 21.1 Å². The van der Waals surface area contributed by atoms with Crippen LogP contribution in [0.3, 0.4) is 0 Å². The van der Waals surface area contributed by atoms with Crippen LogP contribution < -0.4 is 10.1 Å². The first kappa shape index (κ1) is 24.7. The Morgan fingerprint density at radius 2 is 1.89 bits per heavy atom. The maximum Gasteiger partial charge on any atom is 0.228 e. The smallest absolute Gasteiger partial charge is 0.228 e. The average molecular weight is 501 g/mol. The minimum atomic E-state index is -3.29. The number of hydrogen-bond acceptors (Lipinski definition) is 6. The van der Waals surface area contributed by atoms with Crippen molar-refractivity contribution in [2.75, 3.05) is 11.1 Å². The van der Waals surface area contributed by atoms with Gasteiger partial charge in [0.15, 0.2) is 15.6 Å². The van der Waals surface area contributed by atoms with Crippen molar-refractivity contribution < 1.29 is 17.9 Å². The first-order valence-corrected chi connectivity index (χ1v) is 12.9. The molecule has 0 aliphatic rings. The first-order valence-electron chi connectivity index (χ1n) is 11.2. The molecule has 8 nitrogen and oxygen atoms in total. The zero-order valence-corrected chi connectivity index (χ0v) is 20.6. The summed E-state index contributed by atoms with van der Waals surface area (Å²) in [7, 11) is -3.29. The zero-order valence-electron chi connectivity index (χ0n) is 19.8. The van der Waals surface area contributed by atoms with E-state index in [1.54, 1.807) is 72.4 Å². The monoisotopic (exact) mass is 500 g/mol. The molecule has 0 aliphatic heterocycles. The van der Waals surface area contributed by atoms with E-state index in [2.05, 4.69) is 16.5 Å². The Labute approximate surface area is 209 Å². The molecule has 1 N–H and O–H groups in total. The molecule has 1 heterocycles. The molecule has 0 radical (unpaired) electrons. The largest absolute Gasteiger partial charge is 0.455 e. The molecule has 0 saturated heterocycles. The lowest BCUT2D eigenvalue weighted by molar-refractivity contribution is -0.115. The van der Waals surface area contributed by atoms with Crippen LogP contribution in [-0.4, -0.2) is 29.9 Å². The van der Waals surface area contributed by atoms with Crippen molar-refractivity contribution in [1.82, 2.24) is 9.78 Å². The molecule has 4 aromatic rings. The van der Waals surface area contributed by atoms with Gasteiger partial charge in [-0.15, -0.1) is 0 Å². The summed E-state index contributed by atoms with van der Waals surface area (Å²) >= 11 is 0. The molecule has 0 fully saturated rings. The predicted octanol–water partition coefficient (Wildman–Crippen LogP) is 4.82. The Bertz CT molecular complexity index is 1550. The lowest BCUT2D eigenvalue weighted by Crippen LogP contribution is -2.14. The van der Waals surface area contributed by atoms with E-state index in [1.165, 1.54) is 12.1 Å². The van der Waals surface area contributed by atoms with Gasteiger partial charge < -0.3 is 10.1 Å². The van der Waals surface area contributed by atoms with Crippen LogP contribution in [0.1, 0.15) is 23.6 Å². The number of nitrogens with one attached hydrogen (secondary N) is 1. The van der Waals surface area contributed by atoms with Gasteiger partial charge in [0, 0.05) is 18.0 Å². The zero-order chi connectivity index (χ0) is 25.7. The molecule has 0 aliphatic carbocycles. The SMILES string of the molecule is CCS(=O)(=O)c1ccc(CC(=O)Nc2ccc(-n3cc(C)cn3)c(Oc3cccc(C#N)c3)c2)cc1. The molecule has 1 aromatic heterocycles. The van der Waals surface area contributed by atoms with Crippen LogP contribution in [0.25, 0.3) is 5.69 Å². The second kappa shape index (κ2) is 10.5. The van der Waals surface area contributed by atoms with E-state index in [-0.39, 0.29) is 23.0 Å². The number of nitriles is 1. The first-order chi connectivity index (χ1) is 17.3. The number of hydrogen-bond donors (Lipinski definition) is 1. The number of carbonyl (C=O) groups is 1. The number of sulfone groups is 1. The van der Waals surface area contributed by atoms with Crippen molar-refractivity contribution in [3.63, 3.8) is 0 Å². The average Bonchev–Trinajstić information content (AvgIpc) is 3.30. The minimum absolute atomic E-state index is 0.0200. The van der Waals surface area contributed by atoms with E-state index in [4.69, 9.17) is 4.74 Å². The summed E-state index contributed by atoms with van der Waals surface area (Å²) in [5.74, 6) is 0.678. The number of rotatable bonds is 8. The number of benzene rings is 3. The highest BCUT2D eigenvalue weighted by atomic mass is 32.2. The molecular formula is C27H24N4O4S. The van der Waals surface area contributed by atoms with E-state index < -0.39 is 9.84 Å². The van der Waals surface area contributed by atoms with Crippen LogP contribution in [0.2, 0.25) is 0 Å². The highest BCUT2D eigenvalue weighted by Gasteiger charge is 2.14. The lowest BCUT2D eigenvalue weighted by atomic mass is 10.1. The van der Waals surface area contributed by atoms with Gasteiger partial charge in [-0.3, -0.25) is 4.79 Å². The Hall–Kier alpha value is -4.42. The van der Waals surface area contributed by atoms with Gasteiger partial charge in [-0.1, -0.05) is 25.1 Å². The molecule has 0 spiro atoms. The number of carbonyl (C=O) groups excluding carboxylic acids is 1. The quantitative estimate of drug-likeness (QED) is 0.371. The topological polar surface area (TPSA) is 114 Å². The van der Waals surface area contributed by atoms with E-state index >= 15 is 0 Å². The number of ether oxygens (including phenoxy) is 1. The minimum Gasteiger partial charge on any atom is -0.455 e. The van der Waals surface area contributed by atoms with Crippen LogP contribution in [0.15, 0.2) is 84.0 Å². The van der Waals surface area contributed by atoms with E-state index in [9.17, 15) is 18.5 Å². The van der Waals surface area contributed by atoms with Gasteiger partial charge >= 0.3 is 0 Å². The summed E-state index contributed by atoms with van der Waals surface area (Å²) in [4.78, 5) is 12.9. The summed E-state index contributed by atoms with van der Waals surface area (Å²) in [6.45, 7) is 3.52. The number of amides is 1. The molecule has 0 unspecified atom stereocenters. The summed E-state index contributed by atoms with van der Waals surface area (Å²) in [5.41, 5.74) is 3.31. The Morgan fingerprint density at radius 1 is 1.11 bits per heavy atom. The summed E-state index contributed by atoms with van der Waals surface area (Å²) in [6.07, 6.45) is 3.66. The molecule has 4 rings (SSSR count). The van der Waals surface area contributed by atoms with Crippen molar-refractivity contribution in [3.8, 4) is 23.3 Å². The molecule has 0 bridgehead atoms. The third-order valence-electron chi connectivity index (χ3n) is 5.42. The van der Waals surface area contributed by atoms with Gasteiger partial charge in [0.2, 0.25) is 5.91 Å². The molecule has 9 heteroatoms. The molecule has 0 atom stereocenters. The number of anilines is 1. The number of nitrogens with zero attached hydrogens (tertiary/aromatic N) is 3. The lowest BCUT2D eigenvalue weighted by Gasteiger charge is -2.14. The van der Waals surface area contributed by atoms with Crippen molar-refractivity contribution in [2.45, 2.75) is 25.2 Å². The van der Waals surface area contributed by atoms with E-state index in [0.717, 1.165) is 5.56 Å². The number of aromatic nitrogens is 2. The van der Waals surface area contributed by atoms with Crippen molar-refractivity contribution in [1.29, 1.82) is 5.26 Å². The van der Waals surface area contributed by atoms with Crippen LogP contribution in [0.5, 0.6) is 11.5 Å². The van der Waals surface area contributed by atoms with Gasteiger partial charge in [0.05, 0.1) is 34.9 Å². The second-order valence-electron chi connectivity index (χ2n) is 8.16. The molecular weight excluding hydrogens is 476 g/mol. The highest BCUT2D eigenvalue weighted by Crippen LogP contribution is 2.31. The summed E-state index contributed by atoms with van der Waals surface area (Å²) in [6, 6.07) is 20.4. The van der Waals surface area contributed by atoms with Gasteiger partial charge in [-0.25, -0.2) is 13.1 Å². The van der Waals surface area contributed by atoms with E-state index in [1.807, 2.05) is 13.1 Å². The third kappa shape index (κ3) is 5.79. The van der Waals surface area contributed by atoms with Gasteiger partial charge in [-0.2, -0.15) is 10.4 Å². The molecule has 36 heavy (non-hydrogen) atoms. The summed E-state index contributed by atoms with van der Waals surface area (Å²) in [5, 5.41) is 16.4. The fourth-order valence-electron chi connectivity index (χ4n) is 3.54. The predicted molar refractivity (Wildman–Crippen MR) is 136 cm³/mol. The molecule has 1 amide bonds. The van der Waals surface area contributed by atoms with Gasteiger partial charge in [0.25, 0.3) is 0 Å². The van der Waals surface area contributed by atoms with Crippen LogP contribution >= 0.6 is 0 Å². The maximum absolute atomic E-state index is 12.7. The maximum atomic E-state index is 12.7. The van der Waals surface area contributed by atoms with Gasteiger partial charge in [0.1, 0.15) is 11.4 Å². The fourth-order valence-corrected chi connectivity index (χ4v) is 4.42. The van der Waals surface area contributed by atoms with Crippen molar-refractivity contribution in [3.05, 3.63) is 95.8 Å². The Balaban J connectivity index is 1.56. The second-order valence-corrected chi connectivity index (χ2v) is 10.4. The number of aryl methyl sites for hydroxylation is 1. The van der Waals surface area contributed by atoms with Crippen LogP contribution in [0.4, 0.5) is 5.69 Å². The van der Waals surface area contributed by atoms with Crippen LogP contribution in [0, 0.1) is 18.3 Å². The molecule has 3 aromatic carbocycles. The van der Waals surface area contributed by atoms with Crippen molar-refractivity contribution >= 4 is 21.4 Å². The Kier molecular flexibility index (Phi) is 7.17. The Morgan fingerprint density at radius 3 is 2.56 bits per heavy atom. The molecule has 0 saturated carbocycles. The normalized spacial score (nSPS) is 11.0. The fraction of sp³-hybridized carbons (Fsp3) is 0.148. The third-order valence-corrected chi connectivity index (χ3v) is 7.17. The highest BCUT2D eigenvalue weighted by molar-refractivity contribution is 7.91. The molecule has 182 valence electrons. The van der Waals surface area contributed by atoms with E-state index in [0.29, 0.717) is 34.0 Å². The standard InChI is InChI=1S/C27H24N4O4S/c1-3-36(33,34)24-10-7-20(8-11-24)14-27(32)30-22-9-12-25(31-18-19(2)17-29-31)26(15-22)35-23-6-4-5-21(13-23)16-28/h4-13,15,17-18H,3,14H2,1-2H3,(H,30,32). The van der Waals surface area contributed by atoms with Crippen molar-refractivity contribution in [2.24, 2.45) is 0 Å². The summed E-state index contributed by atoms with van der Waals surface area (Å²) < 4.78 is 31.8. The van der Waals surface area contributed by atoms with Gasteiger partial charge in [-0.05, 0) is 60.5 Å².